The lowest BCUT2D eigenvalue weighted by Crippen LogP contribution is -2.34. The molecule has 1 aromatic rings. The van der Waals surface area contributed by atoms with Gasteiger partial charge < -0.3 is 20.3 Å². The van der Waals surface area contributed by atoms with E-state index >= 15 is 0 Å². The van der Waals surface area contributed by atoms with Crippen molar-refractivity contribution < 1.29 is 24.1 Å². The zero-order valence-corrected chi connectivity index (χ0v) is 9.80. The molecule has 100 valence electrons. The third-order valence-electron chi connectivity index (χ3n) is 2.17. The summed E-state index contributed by atoms with van der Waals surface area (Å²) in [5.74, 6) is -0.715. The van der Waals surface area contributed by atoms with Gasteiger partial charge in [-0.05, 0) is 12.1 Å². The van der Waals surface area contributed by atoms with E-state index in [9.17, 15) is 9.18 Å². The highest BCUT2D eigenvalue weighted by molar-refractivity contribution is 5.76. The molecule has 5 nitrogen and oxygen atoms in total. The van der Waals surface area contributed by atoms with E-state index in [2.05, 4.69) is 5.32 Å². The van der Waals surface area contributed by atoms with Gasteiger partial charge in [0.1, 0.15) is 0 Å². The van der Waals surface area contributed by atoms with E-state index in [1.807, 2.05) is 0 Å². The van der Waals surface area contributed by atoms with Crippen molar-refractivity contribution >= 4 is 5.91 Å². The highest BCUT2D eigenvalue weighted by atomic mass is 19.1. The monoisotopic (exact) mass is 257 g/mol. The normalized spacial score (nSPS) is 11.9. The lowest BCUT2D eigenvalue weighted by atomic mass is 10.3. The van der Waals surface area contributed by atoms with Gasteiger partial charge in [0.25, 0.3) is 0 Å². The van der Waals surface area contributed by atoms with Gasteiger partial charge in [0, 0.05) is 6.54 Å². The van der Waals surface area contributed by atoms with Crippen LogP contribution in [0.25, 0.3) is 0 Å². The Morgan fingerprint density at radius 3 is 2.83 bits per heavy atom. The van der Waals surface area contributed by atoms with Crippen molar-refractivity contribution in [1.82, 2.24) is 5.32 Å². The van der Waals surface area contributed by atoms with Crippen LogP contribution in [0.3, 0.4) is 0 Å². The molecule has 0 aliphatic carbocycles. The lowest BCUT2D eigenvalue weighted by molar-refractivity contribution is -0.122. The van der Waals surface area contributed by atoms with E-state index in [0.717, 1.165) is 0 Å². The summed E-state index contributed by atoms with van der Waals surface area (Å²) in [4.78, 5) is 11.3. The van der Waals surface area contributed by atoms with Gasteiger partial charge in [0.15, 0.2) is 11.6 Å². The molecule has 0 heterocycles. The Bertz CT molecular complexity index is 386. The maximum Gasteiger partial charge on any atom is 0.223 e. The SMILES string of the molecule is O=C(CCOc1ccccc1F)NCC(O)CO. The second-order valence-electron chi connectivity index (χ2n) is 3.67. The van der Waals surface area contributed by atoms with Gasteiger partial charge >= 0.3 is 0 Å². The Balaban J connectivity index is 2.22. The molecule has 0 saturated heterocycles. The molecule has 1 aromatic carbocycles. The molecule has 0 spiro atoms. The molecule has 0 saturated carbocycles. The van der Waals surface area contributed by atoms with Crippen LogP contribution in [0.4, 0.5) is 4.39 Å². The first-order valence-corrected chi connectivity index (χ1v) is 5.56. The fourth-order valence-electron chi connectivity index (χ4n) is 1.20. The number of hydrogen-bond donors (Lipinski definition) is 3. The van der Waals surface area contributed by atoms with Crippen molar-refractivity contribution in [2.24, 2.45) is 0 Å². The second-order valence-corrected chi connectivity index (χ2v) is 3.67. The molecule has 18 heavy (non-hydrogen) atoms. The summed E-state index contributed by atoms with van der Waals surface area (Å²) in [7, 11) is 0. The number of hydrogen-bond acceptors (Lipinski definition) is 4. The predicted molar refractivity (Wildman–Crippen MR) is 62.6 cm³/mol. The Hall–Kier alpha value is -1.66. The van der Waals surface area contributed by atoms with Gasteiger partial charge in [-0.1, -0.05) is 12.1 Å². The van der Waals surface area contributed by atoms with Crippen molar-refractivity contribution in [2.45, 2.75) is 12.5 Å². The van der Waals surface area contributed by atoms with Crippen LogP contribution >= 0.6 is 0 Å². The molecule has 0 aliphatic heterocycles. The third kappa shape index (κ3) is 5.11. The summed E-state index contributed by atoms with van der Waals surface area (Å²) in [6, 6.07) is 5.93. The van der Waals surface area contributed by atoms with Gasteiger partial charge in [-0.15, -0.1) is 0 Å². The van der Waals surface area contributed by atoms with E-state index in [1.165, 1.54) is 12.1 Å². The topological polar surface area (TPSA) is 78.8 Å². The highest BCUT2D eigenvalue weighted by Gasteiger charge is 2.07. The minimum atomic E-state index is -0.971. The first kappa shape index (κ1) is 14.4. The first-order valence-electron chi connectivity index (χ1n) is 5.56. The van der Waals surface area contributed by atoms with Crippen LogP contribution in [-0.2, 0) is 4.79 Å². The van der Waals surface area contributed by atoms with Crippen molar-refractivity contribution in [2.75, 3.05) is 19.8 Å². The Morgan fingerprint density at radius 1 is 1.44 bits per heavy atom. The molecule has 0 aliphatic rings. The number of aliphatic hydroxyl groups is 2. The number of nitrogens with one attached hydrogen (secondary N) is 1. The number of para-hydroxylation sites is 1. The van der Waals surface area contributed by atoms with Crippen LogP contribution in [0, 0.1) is 5.82 Å². The summed E-state index contributed by atoms with van der Waals surface area (Å²) < 4.78 is 18.2. The van der Waals surface area contributed by atoms with Crippen LogP contribution < -0.4 is 10.1 Å². The van der Waals surface area contributed by atoms with Crippen LogP contribution in [0.15, 0.2) is 24.3 Å². The fourth-order valence-corrected chi connectivity index (χ4v) is 1.20. The van der Waals surface area contributed by atoms with E-state index in [0.29, 0.717) is 0 Å². The average molecular weight is 257 g/mol. The number of amides is 1. The summed E-state index contributed by atoms with van der Waals surface area (Å²) in [5.41, 5.74) is 0. The van der Waals surface area contributed by atoms with Crippen LogP contribution in [-0.4, -0.2) is 42.0 Å². The van der Waals surface area contributed by atoms with Crippen molar-refractivity contribution in [3.05, 3.63) is 30.1 Å². The van der Waals surface area contributed by atoms with E-state index in [4.69, 9.17) is 14.9 Å². The standard InChI is InChI=1S/C12H16FNO4/c13-10-3-1-2-4-11(10)18-6-5-12(17)14-7-9(16)8-15/h1-4,9,15-16H,5-8H2,(H,14,17). The molecule has 1 rings (SSSR count). The molecular formula is C12H16FNO4. The molecule has 3 N–H and O–H groups in total. The number of ether oxygens (including phenoxy) is 1. The molecule has 0 fully saturated rings. The largest absolute Gasteiger partial charge is 0.490 e. The fraction of sp³-hybridized carbons (Fsp3) is 0.417. The Morgan fingerprint density at radius 2 is 2.17 bits per heavy atom. The van der Waals surface area contributed by atoms with Gasteiger partial charge in [-0.3, -0.25) is 4.79 Å². The van der Waals surface area contributed by atoms with Gasteiger partial charge in [-0.25, -0.2) is 4.39 Å². The first-order chi connectivity index (χ1) is 8.63. The molecule has 0 radical (unpaired) electrons. The van der Waals surface area contributed by atoms with Crippen LogP contribution in [0.5, 0.6) is 5.75 Å². The lowest BCUT2D eigenvalue weighted by Gasteiger charge is -2.10. The molecule has 1 atom stereocenters. The molecule has 0 aromatic heterocycles. The smallest absolute Gasteiger partial charge is 0.223 e. The van der Waals surface area contributed by atoms with Crippen LogP contribution in [0.2, 0.25) is 0 Å². The highest BCUT2D eigenvalue weighted by Crippen LogP contribution is 2.15. The number of carbonyl (C=O) groups excluding carboxylic acids is 1. The Kier molecular flexibility index (Phi) is 6.10. The molecule has 6 heteroatoms. The number of benzene rings is 1. The van der Waals surface area contributed by atoms with E-state index in [-0.39, 0.29) is 31.2 Å². The second kappa shape index (κ2) is 7.62. The summed E-state index contributed by atoms with van der Waals surface area (Å²) in [6.45, 7) is -0.386. The van der Waals surface area contributed by atoms with Crippen LogP contribution in [0.1, 0.15) is 6.42 Å². The molecule has 1 unspecified atom stereocenters. The van der Waals surface area contributed by atoms with Gasteiger partial charge in [0.05, 0.1) is 25.7 Å². The molecular weight excluding hydrogens is 241 g/mol. The zero-order chi connectivity index (χ0) is 13.4. The molecule has 0 bridgehead atoms. The summed E-state index contributed by atoms with van der Waals surface area (Å²) in [5, 5.41) is 19.9. The quantitative estimate of drug-likeness (QED) is 0.645. The van der Waals surface area contributed by atoms with Crippen molar-refractivity contribution in [3.63, 3.8) is 0 Å². The predicted octanol–water partition coefficient (Wildman–Crippen LogP) is 0.0640. The maximum atomic E-state index is 13.1. The summed E-state index contributed by atoms with van der Waals surface area (Å²) >= 11 is 0. The van der Waals surface area contributed by atoms with Crippen molar-refractivity contribution in [1.29, 1.82) is 0 Å². The number of aliphatic hydroxyl groups excluding tert-OH is 2. The maximum absolute atomic E-state index is 13.1. The average Bonchev–Trinajstić information content (AvgIpc) is 2.38. The number of rotatable bonds is 7. The van der Waals surface area contributed by atoms with Gasteiger partial charge in [-0.2, -0.15) is 0 Å². The zero-order valence-electron chi connectivity index (χ0n) is 9.80. The Labute approximate surface area is 104 Å². The molecule has 1 amide bonds. The minimum absolute atomic E-state index is 0.0188. The number of carbonyl (C=O) groups is 1. The van der Waals surface area contributed by atoms with E-state index < -0.39 is 18.5 Å². The minimum Gasteiger partial charge on any atom is -0.490 e. The van der Waals surface area contributed by atoms with E-state index in [1.54, 1.807) is 12.1 Å². The van der Waals surface area contributed by atoms with Gasteiger partial charge in [0.2, 0.25) is 5.91 Å². The number of halogens is 1. The van der Waals surface area contributed by atoms with Crippen molar-refractivity contribution in [3.8, 4) is 5.75 Å². The summed E-state index contributed by atoms with van der Waals surface area (Å²) in [6.07, 6.45) is -0.923. The third-order valence-corrected chi connectivity index (χ3v) is 2.17.